The summed E-state index contributed by atoms with van der Waals surface area (Å²) in [5, 5.41) is 3.12. The molecule has 3 rings (SSSR count). The molecule has 2 atom stereocenters. The minimum Gasteiger partial charge on any atom is -0.452 e. The number of hydrogen-bond donors (Lipinski definition) is 1. The SMILES string of the molecule is CCNCc1cc(S(=O)(=O)N2CC3CCC(C2)O3)c(Br)o1. The summed E-state index contributed by atoms with van der Waals surface area (Å²) in [6.07, 6.45) is 1.94. The molecule has 2 bridgehead atoms. The van der Waals surface area contributed by atoms with Gasteiger partial charge in [0.05, 0.1) is 18.8 Å². The number of furan rings is 1. The van der Waals surface area contributed by atoms with Gasteiger partial charge in [0.25, 0.3) is 0 Å². The summed E-state index contributed by atoms with van der Waals surface area (Å²) in [7, 11) is -3.54. The van der Waals surface area contributed by atoms with E-state index in [1.54, 1.807) is 6.07 Å². The molecule has 2 saturated heterocycles. The third kappa shape index (κ3) is 3.05. The second-order valence-corrected chi connectivity index (χ2v) is 8.04. The van der Waals surface area contributed by atoms with Crippen LogP contribution in [0.4, 0.5) is 0 Å². The van der Waals surface area contributed by atoms with Gasteiger partial charge in [-0.05, 0) is 35.3 Å². The van der Waals surface area contributed by atoms with Crippen LogP contribution in [-0.2, 0) is 21.3 Å². The highest BCUT2D eigenvalue weighted by Crippen LogP contribution is 2.33. The lowest BCUT2D eigenvalue weighted by atomic mass is 10.2. The van der Waals surface area contributed by atoms with Crippen LogP contribution in [0, 0.1) is 0 Å². The van der Waals surface area contributed by atoms with E-state index in [0.717, 1.165) is 19.4 Å². The predicted octanol–water partition coefficient (Wildman–Crippen LogP) is 1.70. The predicted molar refractivity (Wildman–Crippen MR) is 80.4 cm³/mol. The van der Waals surface area contributed by atoms with E-state index in [1.807, 2.05) is 6.92 Å². The maximum absolute atomic E-state index is 12.8. The Kier molecular flexibility index (Phi) is 4.42. The summed E-state index contributed by atoms with van der Waals surface area (Å²) in [5.41, 5.74) is 0. The molecule has 1 N–H and O–H groups in total. The standard InChI is InChI=1S/C13H19BrN2O4S/c1-2-15-6-11-5-12(13(14)20-11)21(17,18)16-7-9-3-4-10(8-16)19-9/h5,9-10,15H,2-4,6-8H2,1H3. The van der Waals surface area contributed by atoms with Crippen LogP contribution < -0.4 is 5.32 Å². The van der Waals surface area contributed by atoms with Gasteiger partial charge in [-0.1, -0.05) is 6.92 Å². The quantitative estimate of drug-likeness (QED) is 0.843. The van der Waals surface area contributed by atoms with Crippen molar-refractivity contribution in [2.75, 3.05) is 19.6 Å². The first kappa shape index (κ1) is 15.5. The molecule has 0 radical (unpaired) electrons. The van der Waals surface area contributed by atoms with Crippen molar-refractivity contribution < 1.29 is 17.6 Å². The number of nitrogens with zero attached hydrogens (tertiary/aromatic N) is 1. The molecule has 1 aromatic rings. The zero-order valence-corrected chi connectivity index (χ0v) is 14.2. The number of fused-ring (bicyclic) bond motifs is 2. The zero-order chi connectivity index (χ0) is 15.0. The first-order valence-corrected chi connectivity index (χ1v) is 9.38. The monoisotopic (exact) mass is 378 g/mol. The molecule has 118 valence electrons. The first-order valence-electron chi connectivity index (χ1n) is 7.15. The summed E-state index contributed by atoms with van der Waals surface area (Å²) in [5.74, 6) is 0.610. The van der Waals surface area contributed by atoms with E-state index in [2.05, 4.69) is 21.2 Å². The number of sulfonamides is 1. The Morgan fingerprint density at radius 1 is 1.38 bits per heavy atom. The fraction of sp³-hybridized carbons (Fsp3) is 0.692. The molecule has 2 unspecified atom stereocenters. The Bertz CT molecular complexity index is 604. The molecule has 2 fully saturated rings. The first-order chi connectivity index (χ1) is 10.0. The summed E-state index contributed by atoms with van der Waals surface area (Å²) < 4.78 is 38.5. The molecule has 2 aliphatic rings. The number of halogens is 1. The average Bonchev–Trinajstić information content (AvgIpc) is 2.99. The molecule has 2 aliphatic heterocycles. The van der Waals surface area contributed by atoms with Gasteiger partial charge in [0.1, 0.15) is 10.7 Å². The minimum atomic E-state index is -3.54. The van der Waals surface area contributed by atoms with E-state index < -0.39 is 10.0 Å². The van der Waals surface area contributed by atoms with Gasteiger partial charge in [-0.15, -0.1) is 0 Å². The van der Waals surface area contributed by atoms with E-state index in [4.69, 9.17) is 9.15 Å². The second kappa shape index (κ2) is 6.00. The van der Waals surface area contributed by atoms with Gasteiger partial charge in [0, 0.05) is 19.2 Å². The van der Waals surface area contributed by atoms with E-state index in [-0.39, 0.29) is 21.8 Å². The molecule has 1 aromatic heterocycles. The molecule has 0 aliphatic carbocycles. The largest absolute Gasteiger partial charge is 0.452 e. The van der Waals surface area contributed by atoms with Crippen molar-refractivity contribution in [1.82, 2.24) is 9.62 Å². The van der Waals surface area contributed by atoms with E-state index in [0.29, 0.717) is 25.4 Å². The number of hydrogen-bond acceptors (Lipinski definition) is 5. The maximum atomic E-state index is 12.8. The van der Waals surface area contributed by atoms with E-state index in [1.165, 1.54) is 4.31 Å². The van der Waals surface area contributed by atoms with Crippen LogP contribution >= 0.6 is 15.9 Å². The summed E-state index contributed by atoms with van der Waals surface area (Å²) in [6, 6.07) is 1.60. The minimum absolute atomic E-state index is 0.0328. The summed E-state index contributed by atoms with van der Waals surface area (Å²) in [4.78, 5) is 0.205. The fourth-order valence-corrected chi connectivity index (χ4v) is 5.29. The van der Waals surface area contributed by atoms with Gasteiger partial charge in [-0.2, -0.15) is 4.31 Å². The summed E-state index contributed by atoms with van der Waals surface area (Å²) >= 11 is 3.23. The lowest BCUT2D eigenvalue weighted by Crippen LogP contribution is -2.45. The van der Waals surface area contributed by atoms with Crippen LogP contribution in [-0.4, -0.2) is 44.6 Å². The molecule has 0 spiro atoms. The van der Waals surface area contributed by atoms with Crippen molar-refractivity contribution in [2.24, 2.45) is 0 Å². The van der Waals surface area contributed by atoms with Gasteiger partial charge in [0.2, 0.25) is 10.0 Å². The molecule has 0 aromatic carbocycles. The van der Waals surface area contributed by atoms with Crippen molar-refractivity contribution in [3.63, 3.8) is 0 Å². The maximum Gasteiger partial charge on any atom is 0.247 e. The topological polar surface area (TPSA) is 71.8 Å². The Balaban J connectivity index is 1.83. The molecule has 3 heterocycles. The summed E-state index contributed by atoms with van der Waals surface area (Å²) in [6.45, 7) is 4.16. The van der Waals surface area contributed by atoms with Crippen LogP contribution in [0.3, 0.4) is 0 Å². The van der Waals surface area contributed by atoms with Crippen molar-refractivity contribution >= 4 is 26.0 Å². The average molecular weight is 379 g/mol. The normalized spacial score (nSPS) is 26.4. The van der Waals surface area contributed by atoms with E-state index in [9.17, 15) is 8.42 Å². The Labute approximate surface area is 133 Å². The molecule has 0 saturated carbocycles. The molecular weight excluding hydrogens is 360 g/mol. The van der Waals surface area contributed by atoms with Crippen molar-refractivity contribution in [3.8, 4) is 0 Å². The van der Waals surface area contributed by atoms with Gasteiger partial charge in [-0.25, -0.2) is 8.42 Å². The lowest BCUT2D eigenvalue weighted by Gasteiger charge is -2.30. The van der Waals surface area contributed by atoms with Crippen LogP contribution in [0.25, 0.3) is 0 Å². The van der Waals surface area contributed by atoms with Crippen molar-refractivity contribution in [1.29, 1.82) is 0 Å². The highest BCUT2D eigenvalue weighted by atomic mass is 79.9. The van der Waals surface area contributed by atoms with Crippen molar-refractivity contribution in [2.45, 2.75) is 43.4 Å². The molecular formula is C13H19BrN2O4S. The number of ether oxygens (including phenoxy) is 1. The zero-order valence-electron chi connectivity index (χ0n) is 11.8. The van der Waals surface area contributed by atoms with E-state index >= 15 is 0 Å². The van der Waals surface area contributed by atoms with Gasteiger partial charge in [0.15, 0.2) is 4.67 Å². The highest BCUT2D eigenvalue weighted by molar-refractivity contribution is 9.10. The Morgan fingerprint density at radius 2 is 2.05 bits per heavy atom. The Morgan fingerprint density at radius 3 is 2.67 bits per heavy atom. The van der Waals surface area contributed by atoms with Crippen LogP contribution in [0.15, 0.2) is 20.0 Å². The van der Waals surface area contributed by atoms with Gasteiger partial charge < -0.3 is 14.5 Å². The fourth-order valence-electron chi connectivity index (χ4n) is 2.82. The third-order valence-corrected chi connectivity index (χ3v) is 6.57. The molecule has 8 heteroatoms. The molecule has 6 nitrogen and oxygen atoms in total. The van der Waals surface area contributed by atoms with Gasteiger partial charge in [-0.3, -0.25) is 0 Å². The number of morpholine rings is 1. The lowest BCUT2D eigenvalue weighted by molar-refractivity contribution is -0.0114. The van der Waals surface area contributed by atoms with Gasteiger partial charge >= 0.3 is 0 Å². The second-order valence-electron chi connectivity index (χ2n) is 5.41. The Hall–Kier alpha value is -0.410. The van der Waals surface area contributed by atoms with Crippen LogP contribution in [0.5, 0.6) is 0 Å². The molecule has 0 amide bonds. The number of nitrogens with one attached hydrogen (secondary N) is 1. The van der Waals surface area contributed by atoms with Crippen LogP contribution in [0.2, 0.25) is 0 Å². The van der Waals surface area contributed by atoms with Crippen molar-refractivity contribution in [3.05, 3.63) is 16.5 Å². The molecule has 21 heavy (non-hydrogen) atoms. The smallest absolute Gasteiger partial charge is 0.247 e. The third-order valence-electron chi connectivity index (χ3n) is 3.88. The number of rotatable bonds is 5. The highest BCUT2D eigenvalue weighted by Gasteiger charge is 2.40. The van der Waals surface area contributed by atoms with Crippen LogP contribution in [0.1, 0.15) is 25.5 Å².